The Bertz CT molecular complexity index is 724. The molecule has 0 saturated carbocycles. The molecule has 0 aliphatic carbocycles. The summed E-state index contributed by atoms with van der Waals surface area (Å²) in [7, 11) is -1.28. The molecule has 1 atom stereocenters. The number of hydrogen-bond donors (Lipinski definition) is 0. The van der Waals surface area contributed by atoms with Crippen LogP contribution in [0.2, 0.25) is 0 Å². The first-order chi connectivity index (χ1) is 9.61. The van der Waals surface area contributed by atoms with Crippen molar-refractivity contribution >= 4 is 21.0 Å². The van der Waals surface area contributed by atoms with Crippen molar-refractivity contribution in [3.8, 4) is 0 Å². The third-order valence-electron chi connectivity index (χ3n) is 3.65. The molecule has 6 nitrogen and oxygen atoms in total. The van der Waals surface area contributed by atoms with Gasteiger partial charge in [0.25, 0.3) is 0 Å². The van der Waals surface area contributed by atoms with Crippen molar-refractivity contribution in [1.82, 2.24) is 14.5 Å². The first-order valence-corrected chi connectivity index (χ1v) is 8.43. The van der Waals surface area contributed by atoms with Gasteiger partial charge in [-0.1, -0.05) is 0 Å². The fourth-order valence-electron chi connectivity index (χ4n) is 2.69. The van der Waals surface area contributed by atoms with E-state index in [1.165, 1.54) is 0 Å². The molecule has 20 heavy (non-hydrogen) atoms. The van der Waals surface area contributed by atoms with Gasteiger partial charge in [0.1, 0.15) is 11.3 Å². The Labute approximate surface area is 117 Å². The van der Waals surface area contributed by atoms with Crippen LogP contribution < -0.4 is 0 Å². The molecule has 1 aliphatic rings. The summed E-state index contributed by atoms with van der Waals surface area (Å²) in [6.07, 6.45) is 2.36. The van der Waals surface area contributed by atoms with Gasteiger partial charge in [0.2, 0.25) is 0 Å². The first kappa shape index (κ1) is 13.5. The average Bonchev–Trinajstić information content (AvgIpc) is 2.96. The lowest BCUT2D eigenvalue weighted by Crippen LogP contribution is -2.13. The van der Waals surface area contributed by atoms with Gasteiger partial charge in [-0.25, -0.2) is 18.4 Å². The number of aromatic nitrogens is 3. The number of nitrogens with zero attached hydrogens (tertiary/aromatic N) is 3. The molecule has 0 radical (unpaired) electrons. The molecule has 0 aromatic carbocycles. The zero-order valence-electron chi connectivity index (χ0n) is 11.3. The van der Waals surface area contributed by atoms with E-state index in [-0.39, 0.29) is 17.4 Å². The van der Waals surface area contributed by atoms with Gasteiger partial charge in [0, 0.05) is 25.8 Å². The van der Waals surface area contributed by atoms with E-state index < -0.39 is 9.84 Å². The summed E-state index contributed by atoms with van der Waals surface area (Å²) in [6.45, 7) is 1.18. The maximum absolute atomic E-state index is 11.7. The van der Waals surface area contributed by atoms with Gasteiger partial charge < -0.3 is 9.30 Å². The van der Waals surface area contributed by atoms with Gasteiger partial charge in [-0.15, -0.1) is 0 Å². The molecule has 7 heteroatoms. The predicted molar refractivity (Wildman–Crippen MR) is 75.4 cm³/mol. The SMILES string of the molecule is COCCn1c(C2CCS(=O)(=O)C2)nc2cccnc21. The van der Waals surface area contributed by atoms with Crippen LogP contribution in [0.25, 0.3) is 11.2 Å². The molecular weight excluding hydrogens is 278 g/mol. The second kappa shape index (κ2) is 5.14. The van der Waals surface area contributed by atoms with Crippen LogP contribution in [-0.4, -0.2) is 48.2 Å². The molecule has 0 bridgehead atoms. The Balaban J connectivity index is 2.05. The second-order valence-electron chi connectivity index (χ2n) is 5.06. The highest BCUT2D eigenvalue weighted by atomic mass is 32.2. The lowest BCUT2D eigenvalue weighted by atomic mass is 10.1. The number of methoxy groups -OCH3 is 1. The molecule has 2 aromatic rings. The highest BCUT2D eigenvalue weighted by Crippen LogP contribution is 2.30. The van der Waals surface area contributed by atoms with Crippen molar-refractivity contribution in [1.29, 1.82) is 0 Å². The predicted octanol–water partition coefficient (Wildman–Crippen LogP) is 0.980. The van der Waals surface area contributed by atoms with Crippen LogP contribution in [0.3, 0.4) is 0 Å². The van der Waals surface area contributed by atoms with Gasteiger partial charge in [-0.3, -0.25) is 0 Å². The summed E-state index contributed by atoms with van der Waals surface area (Å²) >= 11 is 0. The molecule has 3 rings (SSSR count). The van der Waals surface area contributed by atoms with E-state index in [4.69, 9.17) is 4.74 Å². The first-order valence-electron chi connectivity index (χ1n) is 6.61. The summed E-state index contributed by atoms with van der Waals surface area (Å²) in [4.78, 5) is 8.95. The van der Waals surface area contributed by atoms with E-state index in [0.717, 1.165) is 17.0 Å². The summed E-state index contributed by atoms with van der Waals surface area (Å²) in [5.41, 5.74) is 1.60. The summed E-state index contributed by atoms with van der Waals surface area (Å²) < 4.78 is 30.5. The van der Waals surface area contributed by atoms with Crippen molar-refractivity contribution < 1.29 is 13.2 Å². The van der Waals surface area contributed by atoms with E-state index in [1.807, 2.05) is 16.7 Å². The van der Waals surface area contributed by atoms with Crippen molar-refractivity contribution in [2.24, 2.45) is 0 Å². The Kier molecular flexibility index (Phi) is 3.47. The third kappa shape index (κ3) is 2.43. The number of hydrogen-bond acceptors (Lipinski definition) is 5. The van der Waals surface area contributed by atoms with Crippen LogP contribution >= 0.6 is 0 Å². The minimum absolute atomic E-state index is 0.0361. The number of pyridine rings is 1. The standard InChI is InChI=1S/C13H17N3O3S/c1-19-7-6-16-12(10-4-8-20(17,18)9-10)15-11-3-2-5-14-13(11)16/h2-3,5,10H,4,6-9H2,1H3. The van der Waals surface area contributed by atoms with E-state index >= 15 is 0 Å². The van der Waals surface area contributed by atoms with Crippen molar-refractivity contribution in [3.05, 3.63) is 24.2 Å². The minimum atomic E-state index is -2.92. The number of rotatable bonds is 4. The molecule has 0 spiro atoms. The number of sulfone groups is 1. The molecular formula is C13H17N3O3S. The molecule has 1 unspecified atom stereocenters. The highest BCUT2D eigenvalue weighted by Gasteiger charge is 2.32. The Hall–Kier alpha value is -1.47. The summed E-state index contributed by atoms with van der Waals surface area (Å²) in [5, 5.41) is 0. The highest BCUT2D eigenvalue weighted by molar-refractivity contribution is 7.91. The zero-order valence-corrected chi connectivity index (χ0v) is 12.1. The molecule has 2 aromatic heterocycles. The number of ether oxygens (including phenoxy) is 1. The van der Waals surface area contributed by atoms with E-state index in [1.54, 1.807) is 13.3 Å². The van der Waals surface area contributed by atoms with Gasteiger partial charge in [0.15, 0.2) is 15.5 Å². The van der Waals surface area contributed by atoms with Crippen LogP contribution in [0.4, 0.5) is 0 Å². The molecule has 0 N–H and O–H groups in total. The van der Waals surface area contributed by atoms with Crippen molar-refractivity contribution in [2.45, 2.75) is 18.9 Å². The second-order valence-corrected chi connectivity index (χ2v) is 7.29. The van der Waals surface area contributed by atoms with Gasteiger partial charge >= 0.3 is 0 Å². The molecule has 1 saturated heterocycles. The third-order valence-corrected chi connectivity index (χ3v) is 5.42. The topological polar surface area (TPSA) is 74.1 Å². The number of imidazole rings is 1. The van der Waals surface area contributed by atoms with Crippen LogP contribution in [-0.2, 0) is 21.1 Å². The average molecular weight is 295 g/mol. The Morgan fingerprint density at radius 2 is 2.35 bits per heavy atom. The lowest BCUT2D eigenvalue weighted by Gasteiger charge is -2.11. The van der Waals surface area contributed by atoms with Crippen LogP contribution in [0, 0.1) is 0 Å². The van der Waals surface area contributed by atoms with Crippen LogP contribution in [0.15, 0.2) is 18.3 Å². The quantitative estimate of drug-likeness (QED) is 0.840. The zero-order chi connectivity index (χ0) is 14.2. The maximum Gasteiger partial charge on any atom is 0.160 e. The molecule has 3 heterocycles. The molecule has 0 amide bonds. The molecule has 1 aliphatic heterocycles. The van der Waals surface area contributed by atoms with Crippen LogP contribution in [0.1, 0.15) is 18.2 Å². The van der Waals surface area contributed by atoms with Gasteiger partial charge in [-0.2, -0.15) is 0 Å². The van der Waals surface area contributed by atoms with E-state index in [0.29, 0.717) is 19.6 Å². The Morgan fingerprint density at radius 3 is 3.05 bits per heavy atom. The van der Waals surface area contributed by atoms with Crippen molar-refractivity contribution in [2.75, 3.05) is 25.2 Å². The molecule has 1 fully saturated rings. The van der Waals surface area contributed by atoms with Gasteiger partial charge in [-0.05, 0) is 18.6 Å². The Morgan fingerprint density at radius 1 is 1.50 bits per heavy atom. The smallest absolute Gasteiger partial charge is 0.160 e. The fraction of sp³-hybridized carbons (Fsp3) is 0.538. The van der Waals surface area contributed by atoms with Crippen LogP contribution in [0.5, 0.6) is 0 Å². The lowest BCUT2D eigenvalue weighted by molar-refractivity contribution is 0.187. The minimum Gasteiger partial charge on any atom is -0.383 e. The summed E-state index contributed by atoms with van der Waals surface area (Å²) in [6, 6.07) is 3.74. The van der Waals surface area contributed by atoms with E-state index in [9.17, 15) is 8.42 Å². The van der Waals surface area contributed by atoms with Crippen molar-refractivity contribution in [3.63, 3.8) is 0 Å². The molecule has 108 valence electrons. The van der Waals surface area contributed by atoms with Gasteiger partial charge in [0.05, 0.1) is 18.1 Å². The normalized spacial score (nSPS) is 21.6. The maximum atomic E-state index is 11.7. The number of fused-ring (bicyclic) bond motifs is 1. The fourth-order valence-corrected chi connectivity index (χ4v) is 4.43. The summed E-state index contributed by atoms with van der Waals surface area (Å²) in [5.74, 6) is 1.21. The van der Waals surface area contributed by atoms with E-state index in [2.05, 4.69) is 9.97 Å². The largest absolute Gasteiger partial charge is 0.383 e. The monoisotopic (exact) mass is 295 g/mol.